The van der Waals surface area contributed by atoms with E-state index in [1.54, 1.807) is 0 Å². The average molecular weight is 526 g/mol. The minimum Gasteiger partial charge on any atom is -0.298 e. The molecule has 38 heavy (non-hydrogen) atoms. The van der Waals surface area contributed by atoms with E-state index in [9.17, 15) is 4.79 Å². The van der Waals surface area contributed by atoms with Gasteiger partial charge in [-0.2, -0.15) is 0 Å². The first-order valence-electron chi connectivity index (χ1n) is 14.8. The van der Waals surface area contributed by atoms with Gasteiger partial charge in [-0.1, -0.05) is 155 Å². The molecule has 3 aromatic carbocycles. The van der Waals surface area contributed by atoms with Gasteiger partial charge in [0.15, 0.2) is 0 Å². The van der Waals surface area contributed by atoms with Crippen molar-refractivity contribution in [3.63, 3.8) is 0 Å². The third-order valence-electron chi connectivity index (χ3n) is 7.78. The molecule has 200 valence electrons. The number of carbonyl (C=O) groups excluding carboxylic acids is 1. The second-order valence-corrected chi connectivity index (χ2v) is 13.6. The van der Waals surface area contributed by atoms with Crippen molar-refractivity contribution in [2.45, 2.75) is 89.9 Å². The number of benzene rings is 3. The van der Waals surface area contributed by atoms with Gasteiger partial charge in [0.2, 0.25) is 0 Å². The Balaban J connectivity index is 1.87. The Labute approximate surface area is 230 Å². The van der Waals surface area contributed by atoms with Crippen molar-refractivity contribution >= 4 is 29.3 Å². The van der Waals surface area contributed by atoms with Gasteiger partial charge in [-0.05, 0) is 25.7 Å². The van der Waals surface area contributed by atoms with Crippen molar-refractivity contribution in [3.05, 3.63) is 102 Å². The van der Waals surface area contributed by atoms with Crippen LogP contribution in [-0.4, -0.2) is 6.29 Å². The van der Waals surface area contributed by atoms with Crippen LogP contribution in [0.15, 0.2) is 107 Å². The van der Waals surface area contributed by atoms with Crippen LogP contribution < -0.4 is 15.9 Å². The van der Waals surface area contributed by atoms with Crippen LogP contribution in [0.1, 0.15) is 89.9 Å². The molecule has 1 aliphatic carbocycles. The van der Waals surface area contributed by atoms with Crippen LogP contribution in [0.25, 0.3) is 0 Å². The summed E-state index contributed by atoms with van der Waals surface area (Å²) in [7, 11) is -2.37. The summed E-state index contributed by atoms with van der Waals surface area (Å²) < 4.78 is 5.79. The van der Waals surface area contributed by atoms with Crippen LogP contribution in [-0.2, 0) is 4.79 Å². The molecule has 0 atom stereocenters. The molecule has 3 aromatic rings. The van der Waals surface area contributed by atoms with Crippen molar-refractivity contribution in [2.75, 3.05) is 0 Å². The zero-order chi connectivity index (χ0) is 26.3. The van der Waals surface area contributed by atoms with E-state index in [0.29, 0.717) is 0 Å². The second kappa shape index (κ2) is 15.6. The Hall–Kier alpha value is -2.70. The number of hydrogen-bond donors (Lipinski definition) is 0. The number of allylic oxidation sites excluding steroid dienone is 2. The van der Waals surface area contributed by atoms with E-state index in [1.807, 2.05) is 0 Å². The first kappa shape index (κ1) is 28.3. The topological polar surface area (TPSA) is 29.4 Å². The van der Waals surface area contributed by atoms with Crippen molar-refractivity contribution < 1.29 is 4.79 Å². The molecule has 0 saturated heterocycles. The van der Waals surface area contributed by atoms with Gasteiger partial charge in [-0.3, -0.25) is 9.54 Å². The largest absolute Gasteiger partial charge is 0.298 e. The summed E-state index contributed by atoms with van der Waals surface area (Å²) in [5.74, 6) is 0. The Morgan fingerprint density at radius 1 is 0.474 bits per heavy atom. The molecule has 0 aliphatic heterocycles. The number of aldehydes is 1. The quantitative estimate of drug-likeness (QED) is 0.241. The van der Waals surface area contributed by atoms with Gasteiger partial charge >= 0.3 is 0 Å². The van der Waals surface area contributed by atoms with Gasteiger partial charge in [-0.25, -0.2) is 0 Å². The second-order valence-electron chi connectivity index (χ2n) is 10.6. The highest BCUT2D eigenvalue weighted by Crippen LogP contribution is 2.48. The van der Waals surface area contributed by atoms with E-state index in [-0.39, 0.29) is 0 Å². The first-order chi connectivity index (χ1) is 18.8. The molecular weight excluding hydrogens is 481 g/mol. The summed E-state index contributed by atoms with van der Waals surface area (Å²) in [5.41, 5.74) is 1.96. The van der Waals surface area contributed by atoms with E-state index in [4.69, 9.17) is 4.74 Å². The summed E-state index contributed by atoms with van der Waals surface area (Å²) >= 11 is 0. The zero-order valence-corrected chi connectivity index (χ0v) is 23.8. The predicted molar refractivity (Wildman–Crippen MR) is 165 cm³/mol. The fourth-order valence-corrected chi connectivity index (χ4v) is 9.30. The Morgan fingerprint density at radius 2 is 0.816 bits per heavy atom. The lowest BCUT2D eigenvalue weighted by Gasteiger charge is -2.28. The summed E-state index contributed by atoms with van der Waals surface area (Å²) in [4.78, 5) is 12.6. The van der Waals surface area contributed by atoms with E-state index in [0.717, 1.165) is 43.2 Å². The summed E-state index contributed by atoms with van der Waals surface area (Å²) in [5, 5.41) is 3.71. The van der Waals surface area contributed by atoms with Crippen molar-refractivity contribution in [1.82, 2.24) is 0 Å². The first-order valence-corrected chi connectivity index (χ1v) is 16.5. The maximum Gasteiger partial charge on any atom is 0.147 e. The van der Waals surface area contributed by atoms with E-state index in [2.05, 4.69) is 91.0 Å². The molecule has 0 heterocycles. The van der Waals surface area contributed by atoms with Gasteiger partial charge < -0.3 is 0 Å². The van der Waals surface area contributed by atoms with Gasteiger partial charge in [0.1, 0.15) is 6.29 Å². The molecule has 0 saturated carbocycles. The number of rotatable bonds is 5. The fourth-order valence-electron chi connectivity index (χ4n) is 5.65. The van der Waals surface area contributed by atoms with Crippen LogP contribution in [0, 0.1) is 0 Å². The standard InChI is InChI=1S/C35H44NOP/c37-30-31-22-14-9-7-5-3-1-2-4-6-8-10-21-29-35(31)36-38(32-23-15-11-16-24-32,33-25-17-12-18-26-33)34-27-19-13-20-28-34/h11-13,15-20,23-28,30H,1-10,14,21-22,29H2/b35-31-. The molecule has 0 N–H and O–H groups in total. The summed E-state index contributed by atoms with van der Waals surface area (Å²) in [6, 6.07) is 32.4. The summed E-state index contributed by atoms with van der Waals surface area (Å²) in [6.45, 7) is 0. The van der Waals surface area contributed by atoms with Crippen molar-refractivity contribution in [2.24, 2.45) is 4.74 Å². The molecule has 1 aliphatic rings. The maximum atomic E-state index is 12.6. The highest BCUT2D eigenvalue weighted by atomic mass is 31.2. The van der Waals surface area contributed by atoms with Crippen molar-refractivity contribution in [1.29, 1.82) is 0 Å². The Morgan fingerprint density at radius 3 is 1.18 bits per heavy atom. The van der Waals surface area contributed by atoms with Crippen LogP contribution in [0.3, 0.4) is 0 Å². The Bertz CT molecular complexity index is 1080. The molecule has 0 amide bonds. The molecule has 0 fully saturated rings. The van der Waals surface area contributed by atoms with Crippen LogP contribution in [0.2, 0.25) is 0 Å². The third kappa shape index (κ3) is 7.67. The van der Waals surface area contributed by atoms with Gasteiger partial charge in [0.25, 0.3) is 0 Å². The molecule has 4 rings (SSSR count). The normalized spacial score (nSPS) is 18.9. The number of carbonyl (C=O) groups is 1. The van der Waals surface area contributed by atoms with Gasteiger partial charge in [-0.15, -0.1) is 0 Å². The Kier molecular flexibility index (Phi) is 11.7. The van der Waals surface area contributed by atoms with Crippen molar-refractivity contribution in [3.8, 4) is 0 Å². The fraction of sp³-hybridized carbons (Fsp3) is 0.400. The molecule has 0 unspecified atom stereocenters. The molecule has 0 radical (unpaired) electrons. The van der Waals surface area contributed by atoms with E-state index >= 15 is 0 Å². The summed E-state index contributed by atoms with van der Waals surface area (Å²) in [6.07, 6.45) is 18.1. The molecule has 2 nitrogen and oxygen atoms in total. The zero-order valence-electron chi connectivity index (χ0n) is 22.9. The third-order valence-corrected chi connectivity index (χ3v) is 11.5. The predicted octanol–water partition coefficient (Wildman–Crippen LogP) is 9.09. The molecule has 0 bridgehead atoms. The lowest BCUT2D eigenvalue weighted by atomic mass is 10.00. The molecule has 3 heteroatoms. The SMILES string of the molecule is O=C/C1=C(\N=P(c2ccccc2)(c2ccccc2)c2ccccc2)CCCCCCCCCCCCCC1. The lowest BCUT2D eigenvalue weighted by Crippen LogP contribution is -2.25. The lowest BCUT2D eigenvalue weighted by molar-refractivity contribution is -0.105. The monoisotopic (exact) mass is 525 g/mol. The van der Waals surface area contributed by atoms with Gasteiger partial charge in [0.05, 0.1) is 7.05 Å². The van der Waals surface area contributed by atoms with Crippen LogP contribution in [0.5, 0.6) is 0 Å². The minimum atomic E-state index is -2.37. The van der Waals surface area contributed by atoms with Gasteiger partial charge in [0, 0.05) is 27.2 Å². The van der Waals surface area contributed by atoms with Crippen LogP contribution >= 0.6 is 7.05 Å². The molecule has 0 aromatic heterocycles. The number of hydrogen-bond acceptors (Lipinski definition) is 2. The molecule has 0 spiro atoms. The smallest absolute Gasteiger partial charge is 0.147 e. The molecular formula is C35H44NOP. The number of nitrogens with zero attached hydrogens (tertiary/aromatic N) is 1. The average Bonchev–Trinajstić information content (AvgIpc) is 2.98. The maximum absolute atomic E-state index is 12.6. The van der Waals surface area contributed by atoms with E-state index < -0.39 is 7.05 Å². The van der Waals surface area contributed by atoms with E-state index in [1.165, 1.54) is 80.1 Å². The minimum absolute atomic E-state index is 0.834. The highest BCUT2D eigenvalue weighted by molar-refractivity contribution is 7.87. The highest BCUT2D eigenvalue weighted by Gasteiger charge is 2.28. The van der Waals surface area contributed by atoms with Crippen LogP contribution in [0.4, 0.5) is 0 Å².